The summed E-state index contributed by atoms with van der Waals surface area (Å²) in [7, 11) is 0. The first-order chi connectivity index (χ1) is 13.6. The lowest BCUT2D eigenvalue weighted by Gasteiger charge is -2.30. The van der Waals surface area contributed by atoms with E-state index in [1.54, 1.807) is 19.9 Å². The molecule has 2 aromatic heterocycles. The molecule has 2 heterocycles. The molecule has 3 rings (SSSR count). The van der Waals surface area contributed by atoms with Gasteiger partial charge in [0.05, 0.1) is 24.3 Å². The molecule has 1 aliphatic carbocycles. The molecule has 0 amide bonds. The Labute approximate surface area is 166 Å². The van der Waals surface area contributed by atoms with Gasteiger partial charge in [0.25, 0.3) is 0 Å². The van der Waals surface area contributed by atoms with E-state index in [4.69, 9.17) is 9.84 Å². The summed E-state index contributed by atoms with van der Waals surface area (Å²) in [6.07, 6.45) is 1.25. The number of halogens is 3. The van der Waals surface area contributed by atoms with Crippen LogP contribution in [0.5, 0.6) is 0 Å². The number of hydrogen-bond acceptors (Lipinski definition) is 4. The van der Waals surface area contributed by atoms with Crippen LogP contribution in [0.15, 0.2) is 24.5 Å². The molecule has 0 spiro atoms. The van der Waals surface area contributed by atoms with E-state index in [0.29, 0.717) is 5.56 Å². The van der Waals surface area contributed by atoms with E-state index in [0.717, 1.165) is 37.6 Å². The first kappa shape index (κ1) is 21.3. The van der Waals surface area contributed by atoms with Crippen LogP contribution in [-0.4, -0.2) is 38.7 Å². The molecule has 1 saturated carbocycles. The number of rotatable bonds is 6. The SMILES string of the molecule is CC(C)(COC1CCC(c2ccc(-c3ncc(C(F)(F)F)[nH]3)cn2)CC1)C(=O)O. The number of ether oxygens (including phenoxy) is 1. The minimum atomic E-state index is -4.46. The third-order valence-corrected chi connectivity index (χ3v) is 5.29. The molecule has 1 aliphatic rings. The van der Waals surface area contributed by atoms with Crippen LogP contribution < -0.4 is 0 Å². The van der Waals surface area contributed by atoms with E-state index in [2.05, 4.69) is 15.0 Å². The van der Waals surface area contributed by atoms with Crippen molar-refractivity contribution < 1.29 is 27.8 Å². The van der Waals surface area contributed by atoms with Crippen LogP contribution in [0.2, 0.25) is 0 Å². The number of nitrogens with one attached hydrogen (secondary N) is 1. The van der Waals surface area contributed by atoms with Gasteiger partial charge in [-0.3, -0.25) is 9.78 Å². The van der Waals surface area contributed by atoms with Crippen molar-refractivity contribution in [2.45, 2.75) is 57.7 Å². The standard InChI is InChI=1S/C20H24F3N3O3/c1-19(2,18(27)28)11-29-14-6-3-12(4-7-14)15-8-5-13(9-24-15)17-25-10-16(26-17)20(21,22)23/h5,8-10,12,14H,3-4,6-7,11H2,1-2H3,(H,25,26)(H,27,28). The molecule has 9 heteroatoms. The highest BCUT2D eigenvalue weighted by molar-refractivity contribution is 5.73. The molecule has 0 saturated heterocycles. The predicted octanol–water partition coefficient (Wildman–Crippen LogP) is 4.64. The van der Waals surface area contributed by atoms with E-state index in [9.17, 15) is 18.0 Å². The third-order valence-electron chi connectivity index (χ3n) is 5.29. The van der Waals surface area contributed by atoms with Crippen molar-refractivity contribution in [1.29, 1.82) is 0 Å². The van der Waals surface area contributed by atoms with Gasteiger partial charge in [-0.2, -0.15) is 13.2 Å². The Hall–Kier alpha value is -2.42. The van der Waals surface area contributed by atoms with Crippen LogP contribution in [-0.2, 0) is 15.7 Å². The lowest BCUT2D eigenvalue weighted by atomic mass is 9.84. The minimum absolute atomic E-state index is 0.0352. The average molecular weight is 411 g/mol. The number of carboxylic acids is 1. The van der Waals surface area contributed by atoms with E-state index in [-0.39, 0.29) is 24.5 Å². The van der Waals surface area contributed by atoms with Gasteiger partial charge in [-0.1, -0.05) is 0 Å². The van der Waals surface area contributed by atoms with Gasteiger partial charge in [0.2, 0.25) is 0 Å². The number of imidazole rings is 1. The lowest BCUT2D eigenvalue weighted by Crippen LogP contribution is -2.32. The number of pyridine rings is 1. The average Bonchev–Trinajstić information content (AvgIpc) is 3.18. The number of nitrogens with zero attached hydrogens (tertiary/aromatic N) is 2. The highest BCUT2D eigenvalue weighted by Gasteiger charge is 2.33. The van der Waals surface area contributed by atoms with Gasteiger partial charge in [0, 0.05) is 23.4 Å². The minimum Gasteiger partial charge on any atom is -0.481 e. The van der Waals surface area contributed by atoms with E-state index >= 15 is 0 Å². The second-order valence-electron chi connectivity index (χ2n) is 8.09. The van der Waals surface area contributed by atoms with Crippen molar-refractivity contribution in [3.63, 3.8) is 0 Å². The molecule has 2 N–H and O–H groups in total. The predicted molar refractivity (Wildman–Crippen MR) is 99.2 cm³/mol. The van der Waals surface area contributed by atoms with Crippen molar-refractivity contribution in [1.82, 2.24) is 15.0 Å². The van der Waals surface area contributed by atoms with Crippen LogP contribution in [0.25, 0.3) is 11.4 Å². The molecule has 1 fully saturated rings. The Balaban J connectivity index is 1.55. The summed E-state index contributed by atoms with van der Waals surface area (Å²) >= 11 is 0. The maximum atomic E-state index is 12.7. The second-order valence-corrected chi connectivity index (χ2v) is 8.09. The largest absolute Gasteiger partial charge is 0.481 e. The number of hydrogen-bond donors (Lipinski definition) is 2. The summed E-state index contributed by atoms with van der Waals surface area (Å²) in [6.45, 7) is 3.46. The number of aliphatic carboxylic acids is 1. The molecule has 29 heavy (non-hydrogen) atoms. The molecule has 0 aromatic carbocycles. The summed E-state index contributed by atoms with van der Waals surface area (Å²) in [5, 5.41) is 9.16. The third kappa shape index (κ3) is 5.14. The highest BCUT2D eigenvalue weighted by atomic mass is 19.4. The van der Waals surface area contributed by atoms with E-state index in [1.165, 1.54) is 6.20 Å². The molecular formula is C20H24F3N3O3. The fourth-order valence-electron chi connectivity index (χ4n) is 3.31. The van der Waals surface area contributed by atoms with Gasteiger partial charge in [-0.05, 0) is 51.7 Å². The monoisotopic (exact) mass is 411 g/mol. The first-order valence-corrected chi connectivity index (χ1v) is 9.50. The lowest BCUT2D eigenvalue weighted by molar-refractivity contribution is -0.152. The van der Waals surface area contributed by atoms with Crippen LogP contribution >= 0.6 is 0 Å². The van der Waals surface area contributed by atoms with Crippen molar-refractivity contribution in [2.24, 2.45) is 5.41 Å². The summed E-state index contributed by atoms with van der Waals surface area (Å²) < 4.78 is 43.9. The summed E-state index contributed by atoms with van der Waals surface area (Å²) in [4.78, 5) is 21.6. The number of aromatic nitrogens is 3. The topological polar surface area (TPSA) is 88.1 Å². The van der Waals surface area contributed by atoms with Crippen LogP contribution in [0, 0.1) is 5.41 Å². The summed E-state index contributed by atoms with van der Waals surface area (Å²) in [5.74, 6) is -0.498. The second kappa shape index (κ2) is 8.14. The van der Waals surface area contributed by atoms with Gasteiger partial charge < -0.3 is 14.8 Å². The van der Waals surface area contributed by atoms with Crippen LogP contribution in [0.3, 0.4) is 0 Å². The summed E-state index contributed by atoms with van der Waals surface area (Å²) in [6, 6.07) is 3.55. The zero-order valence-corrected chi connectivity index (χ0v) is 16.3. The molecule has 0 atom stereocenters. The first-order valence-electron chi connectivity index (χ1n) is 9.50. The molecule has 2 aromatic rings. The molecule has 0 bridgehead atoms. The van der Waals surface area contributed by atoms with Crippen LogP contribution in [0.1, 0.15) is 56.8 Å². The Morgan fingerprint density at radius 3 is 2.38 bits per heavy atom. The fraction of sp³-hybridized carbons (Fsp3) is 0.550. The zero-order valence-electron chi connectivity index (χ0n) is 16.3. The molecule has 0 unspecified atom stereocenters. The smallest absolute Gasteiger partial charge is 0.432 e. The number of carboxylic acid groups (broad SMARTS) is 1. The van der Waals surface area contributed by atoms with Gasteiger partial charge in [-0.15, -0.1) is 0 Å². The molecular weight excluding hydrogens is 387 g/mol. The van der Waals surface area contributed by atoms with Crippen molar-refractivity contribution >= 4 is 5.97 Å². The Morgan fingerprint density at radius 2 is 1.86 bits per heavy atom. The van der Waals surface area contributed by atoms with Gasteiger partial charge >= 0.3 is 12.1 Å². The van der Waals surface area contributed by atoms with Gasteiger partial charge in [0.1, 0.15) is 11.5 Å². The molecule has 0 radical (unpaired) electrons. The van der Waals surface area contributed by atoms with E-state index in [1.807, 2.05) is 6.07 Å². The highest BCUT2D eigenvalue weighted by Crippen LogP contribution is 2.35. The fourth-order valence-corrected chi connectivity index (χ4v) is 3.31. The maximum Gasteiger partial charge on any atom is 0.432 e. The number of aromatic amines is 1. The number of carbonyl (C=O) groups is 1. The van der Waals surface area contributed by atoms with Gasteiger partial charge in [-0.25, -0.2) is 4.98 Å². The number of H-pyrrole nitrogens is 1. The molecule has 6 nitrogen and oxygen atoms in total. The quantitative estimate of drug-likeness (QED) is 0.723. The van der Waals surface area contributed by atoms with Crippen LogP contribution in [0.4, 0.5) is 13.2 Å². The van der Waals surface area contributed by atoms with Crippen molar-refractivity contribution in [3.05, 3.63) is 35.9 Å². The van der Waals surface area contributed by atoms with Gasteiger partial charge in [0.15, 0.2) is 0 Å². The number of alkyl halides is 3. The normalized spacial score (nSPS) is 20.6. The Bertz CT molecular complexity index is 839. The Kier molecular flexibility index (Phi) is 5.97. The van der Waals surface area contributed by atoms with Crippen molar-refractivity contribution in [3.8, 4) is 11.4 Å². The molecule has 158 valence electrons. The summed E-state index contributed by atoms with van der Waals surface area (Å²) in [5.41, 5.74) is -0.412. The zero-order chi connectivity index (χ0) is 21.2. The maximum absolute atomic E-state index is 12.7. The van der Waals surface area contributed by atoms with E-state index < -0.39 is 23.3 Å². The Morgan fingerprint density at radius 1 is 1.17 bits per heavy atom. The van der Waals surface area contributed by atoms with Crippen molar-refractivity contribution in [2.75, 3.05) is 6.61 Å². The molecule has 0 aliphatic heterocycles.